The Bertz CT molecular complexity index is 928. The first-order chi connectivity index (χ1) is 12.5. The van der Waals surface area contributed by atoms with E-state index in [-0.39, 0.29) is 18.6 Å². The molecule has 0 radical (unpaired) electrons. The summed E-state index contributed by atoms with van der Waals surface area (Å²) in [6, 6.07) is 7.19. The Morgan fingerprint density at radius 3 is 2.77 bits per heavy atom. The van der Waals surface area contributed by atoms with Crippen molar-refractivity contribution < 1.29 is 19.4 Å². The molecule has 136 valence electrons. The standard InChI is InChI=1S/C17H17ClN4O4/c1-10(2)25-8-14(17(23)24)26-16-11-7-21-22(15(11)19-9-20-16)13-6-4-3-5-12(13)18/h3-7,9-10,14H,8H2,1-2H3,(H,23,24)/t14-/m1/s1. The fourth-order valence-electron chi connectivity index (χ4n) is 2.29. The first kappa shape index (κ1) is 18.1. The molecule has 2 heterocycles. The van der Waals surface area contributed by atoms with E-state index in [2.05, 4.69) is 15.1 Å². The number of aromatic nitrogens is 4. The molecule has 0 bridgehead atoms. The topological polar surface area (TPSA) is 99.4 Å². The molecule has 0 saturated heterocycles. The van der Waals surface area contributed by atoms with Gasteiger partial charge in [-0.15, -0.1) is 0 Å². The van der Waals surface area contributed by atoms with Gasteiger partial charge >= 0.3 is 5.97 Å². The molecule has 0 fully saturated rings. The van der Waals surface area contributed by atoms with Gasteiger partial charge in [-0.05, 0) is 26.0 Å². The third-order valence-corrected chi connectivity index (χ3v) is 3.84. The summed E-state index contributed by atoms with van der Waals surface area (Å²) in [7, 11) is 0. The minimum atomic E-state index is -1.20. The van der Waals surface area contributed by atoms with Crippen LogP contribution in [0.15, 0.2) is 36.8 Å². The van der Waals surface area contributed by atoms with E-state index in [1.165, 1.54) is 12.5 Å². The molecule has 0 aliphatic carbocycles. The summed E-state index contributed by atoms with van der Waals surface area (Å²) in [4.78, 5) is 19.7. The summed E-state index contributed by atoms with van der Waals surface area (Å²) in [6.07, 6.45) is 1.48. The van der Waals surface area contributed by atoms with Crippen molar-refractivity contribution in [3.05, 3.63) is 41.8 Å². The van der Waals surface area contributed by atoms with Gasteiger partial charge in [0.2, 0.25) is 12.0 Å². The van der Waals surface area contributed by atoms with Crippen molar-refractivity contribution in [2.24, 2.45) is 0 Å². The van der Waals surface area contributed by atoms with Gasteiger partial charge in [0, 0.05) is 0 Å². The van der Waals surface area contributed by atoms with Gasteiger partial charge in [0.25, 0.3) is 0 Å². The molecule has 1 N–H and O–H groups in total. The van der Waals surface area contributed by atoms with Gasteiger partial charge in [0.1, 0.15) is 11.7 Å². The number of benzene rings is 1. The lowest BCUT2D eigenvalue weighted by atomic mass is 10.3. The van der Waals surface area contributed by atoms with Crippen molar-refractivity contribution in [3.63, 3.8) is 0 Å². The molecule has 9 heteroatoms. The van der Waals surface area contributed by atoms with E-state index < -0.39 is 12.1 Å². The molecule has 0 saturated carbocycles. The molecule has 3 rings (SSSR count). The van der Waals surface area contributed by atoms with Crippen molar-refractivity contribution in [2.75, 3.05) is 6.61 Å². The number of carbonyl (C=O) groups is 1. The van der Waals surface area contributed by atoms with Crippen molar-refractivity contribution in [3.8, 4) is 11.6 Å². The molecule has 0 unspecified atom stereocenters. The van der Waals surface area contributed by atoms with E-state index in [9.17, 15) is 9.90 Å². The second-order valence-electron chi connectivity index (χ2n) is 5.75. The number of fused-ring (bicyclic) bond motifs is 1. The zero-order valence-corrected chi connectivity index (χ0v) is 14.9. The fourth-order valence-corrected chi connectivity index (χ4v) is 2.50. The van der Waals surface area contributed by atoms with Crippen LogP contribution < -0.4 is 4.74 Å². The molecule has 0 aliphatic rings. The predicted octanol–water partition coefficient (Wildman–Crippen LogP) is 2.73. The van der Waals surface area contributed by atoms with Crippen LogP contribution in [-0.2, 0) is 9.53 Å². The smallest absolute Gasteiger partial charge is 0.347 e. The highest BCUT2D eigenvalue weighted by Gasteiger charge is 2.23. The molecule has 0 aliphatic heterocycles. The molecule has 1 aromatic carbocycles. The van der Waals surface area contributed by atoms with Crippen molar-refractivity contribution in [1.82, 2.24) is 19.7 Å². The first-order valence-corrected chi connectivity index (χ1v) is 8.30. The van der Waals surface area contributed by atoms with Crippen molar-refractivity contribution in [2.45, 2.75) is 26.1 Å². The van der Waals surface area contributed by atoms with Gasteiger partial charge in [-0.25, -0.2) is 19.4 Å². The minimum Gasteiger partial charge on any atom is -0.478 e. The number of ether oxygens (including phenoxy) is 2. The first-order valence-electron chi connectivity index (χ1n) is 7.92. The molecule has 0 spiro atoms. The Morgan fingerprint density at radius 1 is 1.31 bits per heavy atom. The second kappa shape index (κ2) is 7.67. The average Bonchev–Trinajstić information content (AvgIpc) is 3.03. The van der Waals surface area contributed by atoms with Crippen LogP contribution in [0.5, 0.6) is 5.88 Å². The summed E-state index contributed by atoms with van der Waals surface area (Å²) in [6.45, 7) is 3.53. The molecule has 0 amide bonds. The van der Waals surface area contributed by atoms with E-state index >= 15 is 0 Å². The number of rotatable bonds is 7. The number of para-hydroxylation sites is 1. The number of hydrogen-bond acceptors (Lipinski definition) is 6. The summed E-state index contributed by atoms with van der Waals surface area (Å²) < 4.78 is 12.5. The number of hydrogen-bond donors (Lipinski definition) is 1. The Morgan fingerprint density at radius 2 is 2.08 bits per heavy atom. The van der Waals surface area contributed by atoms with Crippen molar-refractivity contribution >= 4 is 28.6 Å². The number of nitrogens with zero attached hydrogens (tertiary/aromatic N) is 4. The monoisotopic (exact) mass is 376 g/mol. The van der Waals surface area contributed by atoms with E-state index in [1.807, 2.05) is 26.0 Å². The maximum absolute atomic E-state index is 11.4. The van der Waals surface area contributed by atoms with Crippen LogP contribution in [0, 0.1) is 0 Å². The maximum atomic E-state index is 11.4. The van der Waals surface area contributed by atoms with Gasteiger partial charge in [0.05, 0.1) is 29.6 Å². The van der Waals surface area contributed by atoms with Crippen LogP contribution in [0.4, 0.5) is 0 Å². The summed E-state index contributed by atoms with van der Waals surface area (Å²) in [5.41, 5.74) is 1.10. The third-order valence-electron chi connectivity index (χ3n) is 3.52. The summed E-state index contributed by atoms with van der Waals surface area (Å²) >= 11 is 6.22. The van der Waals surface area contributed by atoms with Crippen LogP contribution in [0.2, 0.25) is 5.02 Å². The van der Waals surface area contributed by atoms with Gasteiger partial charge in [-0.2, -0.15) is 5.10 Å². The summed E-state index contributed by atoms with van der Waals surface area (Å²) in [5.74, 6) is -1.02. The molecule has 8 nitrogen and oxygen atoms in total. The maximum Gasteiger partial charge on any atom is 0.347 e. The fraction of sp³-hybridized carbons (Fsp3) is 0.294. The molecule has 1 atom stereocenters. The predicted molar refractivity (Wildman–Crippen MR) is 94.8 cm³/mol. The molecule has 26 heavy (non-hydrogen) atoms. The number of halogens is 1. The van der Waals surface area contributed by atoms with Crippen LogP contribution in [0.3, 0.4) is 0 Å². The third kappa shape index (κ3) is 3.76. The molecular formula is C17H17ClN4O4. The lowest BCUT2D eigenvalue weighted by Crippen LogP contribution is -2.33. The highest BCUT2D eigenvalue weighted by molar-refractivity contribution is 6.32. The van der Waals surface area contributed by atoms with Crippen LogP contribution in [0.1, 0.15) is 13.8 Å². The molecule has 3 aromatic rings. The molecule has 2 aromatic heterocycles. The Labute approximate surface area is 154 Å². The van der Waals surface area contributed by atoms with E-state index in [0.29, 0.717) is 21.7 Å². The van der Waals surface area contributed by atoms with E-state index in [1.54, 1.807) is 16.8 Å². The quantitative estimate of drug-likeness (QED) is 0.676. The molecular weight excluding hydrogens is 360 g/mol. The lowest BCUT2D eigenvalue weighted by Gasteiger charge is -2.16. The van der Waals surface area contributed by atoms with Gasteiger partial charge < -0.3 is 14.6 Å². The highest BCUT2D eigenvalue weighted by atomic mass is 35.5. The highest BCUT2D eigenvalue weighted by Crippen LogP contribution is 2.27. The number of carboxylic acids is 1. The zero-order chi connectivity index (χ0) is 18.7. The second-order valence-corrected chi connectivity index (χ2v) is 6.16. The normalized spacial score (nSPS) is 12.5. The number of carboxylic acid groups (broad SMARTS) is 1. The van der Waals surface area contributed by atoms with Crippen LogP contribution in [0.25, 0.3) is 16.7 Å². The Hall–Kier alpha value is -2.71. The van der Waals surface area contributed by atoms with Crippen LogP contribution >= 0.6 is 11.6 Å². The van der Waals surface area contributed by atoms with Gasteiger partial charge in [-0.3, -0.25) is 0 Å². The van der Waals surface area contributed by atoms with Crippen molar-refractivity contribution in [1.29, 1.82) is 0 Å². The number of aliphatic carboxylic acids is 1. The van der Waals surface area contributed by atoms with E-state index in [0.717, 1.165) is 0 Å². The largest absolute Gasteiger partial charge is 0.478 e. The summed E-state index contributed by atoms with van der Waals surface area (Å²) in [5, 5.41) is 14.6. The zero-order valence-electron chi connectivity index (χ0n) is 14.2. The van der Waals surface area contributed by atoms with Crippen LogP contribution in [-0.4, -0.2) is 49.6 Å². The Balaban J connectivity index is 1.95. The minimum absolute atomic E-state index is 0.100. The average molecular weight is 377 g/mol. The Kier molecular flexibility index (Phi) is 5.34. The SMILES string of the molecule is CC(C)OC[C@@H](Oc1ncnc2c1cnn2-c1ccccc1Cl)C(=O)O. The van der Waals surface area contributed by atoms with Gasteiger partial charge in [-0.1, -0.05) is 23.7 Å². The lowest BCUT2D eigenvalue weighted by molar-refractivity contribution is -0.148. The van der Waals surface area contributed by atoms with E-state index in [4.69, 9.17) is 21.1 Å². The van der Waals surface area contributed by atoms with Gasteiger partial charge in [0.15, 0.2) is 5.65 Å².